The van der Waals surface area contributed by atoms with Gasteiger partial charge in [0.2, 0.25) is 15.9 Å². The lowest BCUT2D eigenvalue weighted by Gasteiger charge is -2.39. The molecule has 0 aromatic heterocycles. The summed E-state index contributed by atoms with van der Waals surface area (Å²) in [6, 6.07) is 3.48. The van der Waals surface area contributed by atoms with E-state index in [1.165, 1.54) is 0 Å². The summed E-state index contributed by atoms with van der Waals surface area (Å²) in [5, 5.41) is 0. The number of anilines is 1. The molecule has 0 unspecified atom stereocenters. The van der Waals surface area contributed by atoms with Crippen LogP contribution in [-0.2, 0) is 21.2 Å². The first kappa shape index (κ1) is 18.9. The van der Waals surface area contributed by atoms with E-state index in [2.05, 4.69) is 25.5 Å². The molecule has 1 aromatic carbocycles. The number of nitrogens with zero attached hydrogens (tertiary/aromatic N) is 1. The molecule has 0 radical (unpaired) electrons. The second-order valence-corrected chi connectivity index (χ2v) is 11.3. The average molecular weight is 391 g/mol. The first-order valence-corrected chi connectivity index (χ1v) is 11.6. The number of rotatable bonds is 3. The SMILES string of the molecule is C[C@H]1C[C@H](NS(=O)(=O)c2cc3c4c(c2)[C@H](C)C(=O)N4CCC3)CC(C)(C)C1. The lowest BCUT2D eigenvalue weighted by atomic mass is 9.71. The fourth-order valence-electron chi connectivity index (χ4n) is 5.54. The summed E-state index contributed by atoms with van der Waals surface area (Å²) in [5.41, 5.74) is 2.98. The fraction of sp³-hybridized carbons (Fsp3) is 0.667. The van der Waals surface area contributed by atoms with Crippen LogP contribution in [-0.4, -0.2) is 26.9 Å². The second kappa shape index (κ2) is 6.31. The summed E-state index contributed by atoms with van der Waals surface area (Å²) in [5.74, 6) is 0.339. The number of hydrogen-bond donors (Lipinski definition) is 1. The van der Waals surface area contributed by atoms with E-state index in [1.54, 1.807) is 12.1 Å². The van der Waals surface area contributed by atoms with Crippen LogP contribution >= 0.6 is 0 Å². The minimum atomic E-state index is -3.60. The summed E-state index contributed by atoms with van der Waals surface area (Å²) < 4.78 is 29.3. The molecule has 1 saturated carbocycles. The van der Waals surface area contributed by atoms with Crippen LogP contribution in [0.25, 0.3) is 0 Å². The zero-order valence-corrected chi connectivity index (χ0v) is 17.5. The summed E-state index contributed by atoms with van der Waals surface area (Å²) >= 11 is 0. The standard InChI is InChI=1S/C21H30N2O3S/c1-13-8-16(12-21(3,4)11-13)22-27(25,26)17-9-15-6-5-7-23-19(15)18(10-17)14(2)20(23)24/h9-10,13-14,16,22H,5-8,11-12H2,1-4H3/t13-,14-,16-/m0/s1. The summed E-state index contributed by atoms with van der Waals surface area (Å²) in [4.78, 5) is 14.7. The van der Waals surface area contributed by atoms with E-state index < -0.39 is 10.0 Å². The maximum Gasteiger partial charge on any atom is 0.240 e. The molecular weight excluding hydrogens is 360 g/mol. The third kappa shape index (κ3) is 3.31. The summed E-state index contributed by atoms with van der Waals surface area (Å²) in [6.45, 7) is 9.24. The smallest absolute Gasteiger partial charge is 0.240 e. The van der Waals surface area contributed by atoms with Gasteiger partial charge in [-0.3, -0.25) is 4.79 Å². The van der Waals surface area contributed by atoms with Crippen molar-refractivity contribution in [1.82, 2.24) is 4.72 Å². The molecule has 5 nitrogen and oxygen atoms in total. The zero-order chi connectivity index (χ0) is 19.6. The van der Waals surface area contributed by atoms with Gasteiger partial charge < -0.3 is 4.90 Å². The molecule has 2 heterocycles. The molecule has 4 rings (SSSR count). The maximum absolute atomic E-state index is 13.2. The van der Waals surface area contributed by atoms with Crippen LogP contribution in [0.1, 0.15) is 70.4 Å². The normalized spacial score (nSPS) is 29.7. The topological polar surface area (TPSA) is 66.5 Å². The van der Waals surface area contributed by atoms with Gasteiger partial charge in [-0.25, -0.2) is 13.1 Å². The van der Waals surface area contributed by atoms with Gasteiger partial charge in [0.05, 0.1) is 16.5 Å². The zero-order valence-electron chi connectivity index (χ0n) is 16.7. The highest BCUT2D eigenvalue weighted by molar-refractivity contribution is 7.89. The number of carbonyl (C=O) groups is 1. The van der Waals surface area contributed by atoms with Crippen LogP contribution in [0, 0.1) is 11.3 Å². The molecule has 1 aromatic rings. The molecule has 148 valence electrons. The van der Waals surface area contributed by atoms with Crippen molar-refractivity contribution in [2.24, 2.45) is 11.3 Å². The van der Waals surface area contributed by atoms with Gasteiger partial charge >= 0.3 is 0 Å². The monoisotopic (exact) mass is 390 g/mol. The Hall–Kier alpha value is -1.40. The largest absolute Gasteiger partial charge is 0.311 e. The Bertz CT molecular complexity index is 891. The molecule has 6 heteroatoms. The number of hydrogen-bond acceptors (Lipinski definition) is 3. The molecule has 1 aliphatic carbocycles. The van der Waals surface area contributed by atoms with Crippen LogP contribution in [0.15, 0.2) is 17.0 Å². The molecule has 2 aliphatic heterocycles. The van der Waals surface area contributed by atoms with Crippen LogP contribution in [0.2, 0.25) is 0 Å². The van der Waals surface area contributed by atoms with Crippen LogP contribution in [0.5, 0.6) is 0 Å². The van der Waals surface area contributed by atoms with Crippen molar-refractivity contribution >= 4 is 21.6 Å². The van der Waals surface area contributed by atoms with Gasteiger partial charge in [-0.1, -0.05) is 20.8 Å². The highest BCUT2D eigenvalue weighted by atomic mass is 32.2. The van der Waals surface area contributed by atoms with E-state index in [0.717, 1.165) is 55.5 Å². The Morgan fingerprint density at radius 3 is 2.63 bits per heavy atom. The van der Waals surface area contributed by atoms with E-state index >= 15 is 0 Å². The number of aryl methyl sites for hydroxylation is 1. The highest BCUT2D eigenvalue weighted by Crippen LogP contribution is 2.44. The summed E-state index contributed by atoms with van der Waals surface area (Å²) in [7, 11) is -3.60. The number of carbonyl (C=O) groups excluding carboxylic acids is 1. The first-order chi connectivity index (χ1) is 12.6. The molecule has 3 aliphatic rings. The van der Waals surface area contributed by atoms with E-state index in [9.17, 15) is 13.2 Å². The lowest BCUT2D eigenvalue weighted by molar-refractivity contribution is -0.119. The van der Waals surface area contributed by atoms with Gasteiger partial charge in [-0.15, -0.1) is 0 Å². The quantitative estimate of drug-likeness (QED) is 0.858. The summed E-state index contributed by atoms with van der Waals surface area (Å²) in [6.07, 6.45) is 4.58. The number of amides is 1. The third-order valence-electron chi connectivity index (χ3n) is 6.41. The van der Waals surface area contributed by atoms with Crippen molar-refractivity contribution in [2.45, 2.75) is 76.7 Å². The predicted molar refractivity (Wildman–Crippen MR) is 106 cm³/mol. The van der Waals surface area contributed by atoms with E-state index in [0.29, 0.717) is 10.8 Å². The number of sulfonamides is 1. The molecule has 0 saturated heterocycles. The van der Waals surface area contributed by atoms with Crippen LogP contribution < -0.4 is 9.62 Å². The predicted octanol–water partition coefficient (Wildman–Crippen LogP) is 3.58. The second-order valence-electron chi connectivity index (χ2n) is 9.57. The van der Waals surface area contributed by atoms with E-state index in [-0.39, 0.29) is 23.3 Å². The van der Waals surface area contributed by atoms with E-state index in [4.69, 9.17) is 0 Å². The Balaban J connectivity index is 1.67. The number of nitrogens with one attached hydrogen (secondary N) is 1. The van der Waals surface area contributed by atoms with Gasteiger partial charge in [-0.05, 0) is 73.6 Å². The van der Waals surface area contributed by atoms with Crippen molar-refractivity contribution in [1.29, 1.82) is 0 Å². The molecule has 1 fully saturated rings. The highest BCUT2D eigenvalue weighted by Gasteiger charge is 2.39. The van der Waals surface area contributed by atoms with Crippen molar-refractivity contribution in [2.75, 3.05) is 11.4 Å². The van der Waals surface area contributed by atoms with Crippen molar-refractivity contribution in [3.05, 3.63) is 23.3 Å². The molecule has 0 spiro atoms. The Kier molecular flexibility index (Phi) is 4.43. The van der Waals surface area contributed by atoms with Gasteiger partial charge in [0.25, 0.3) is 0 Å². The Morgan fingerprint density at radius 2 is 1.93 bits per heavy atom. The minimum absolute atomic E-state index is 0.0334. The van der Waals surface area contributed by atoms with Gasteiger partial charge in [0, 0.05) is 12.6 Å². The molecule has 0 bridgehead atoms. The molecule has 1 N–H and O–H groups in total. The van der Waals surface area contributed by atoms with Crippen LogP contribution in [0.4, 0.5) is 5.69 Å². The first-order valence-electron chi connectivity index (χ1n) is 10.1. The molecule has 1 amide bonds. The van der Waals surface area contributed by atoms with Crippen LogP contribution in [0.3, 0.4) is 0 Å². The lowest BCUT2D eigenvalue weighted by Crippen LogP contribution is -2.42. The number of benzene rings is 1. The maximum atomic E-state index is 13.2. The average Bonchev–Trinajstić information content (AvgIpc) is 2.79. The Morgan fingerprint density at radius 1 is 1.19 bits per heavy atom. The van der Waals surface area contributed by atoms with Crippen molar-refractivity contribution in [3.8, 4) is 0 Å². The van der Waals surface area contributed by atoms with E-state index in [1.807, 2.05) is 11.8 Å². The third-order valence-corrected chi connectivity index (χ3v) is 7.91. The fourth-order valence-corrected chi connectivity index (χ4v) is 6.88. The van der Waals surface area contributed by atoms with Gasteiger partial charge in [0.1, 0.15) is 0 Å². The van der Waals surface area contributed by atoms with Crippen molar-refractivity contribution in [3.63, 3.8) is 0 Å². The molecule has 3 atom stereocenters. The molecule has 27 heavy (non-hydrogen) atoms. The van der Waals surface area contributed by atoms with Gasteiger partial charge in [-0.2, -0.15) is 0 Å². The van der Waals surface area contributed by atoms with Gasteiger partial charge in [0.15, 0.2) is 0 Å². The Labute approximate surface area is 162 Å². The minimum Gasteiger partial charge on any atom is -0.311 e. The molecular formula is C21H30N2O3S. The van der Waals surface area contributed by atoms with Crippen molar-refractivity contribution < 1.29 is 13.2 Å².